The molecule has 0 unspecified atom stereocenters. The Balaban J connectivity index is 2.08. The van der Waals surface area contributed by atoms with Gasteiger partial charge in [0, 0.05) is 24.1 Å². The number of fused-ring (bicyclic) bond motifs is 5. The first-order valence-electron chi connectivity index (χ1n) is 7.03. The summed E-state index contributed by atoms with van der Waals surface area (Å²) in [5.74, 6) is 0.920. The summed E-state index contributed by atoms with van der Waals surface area (Å²) < 4.78 is 7.68. The maximum atomic E-state index is 5.37. The third-order valence-electron chi connectivity index (χ3n) is 4.43. The molecular formula is C18H17NO. The lowest BCUT2D eigenvalue weighted by molar-refractivity contribution is 0.415. The Kier molecular flexibility index (Phi) is 2.40. The fourth-order valence-electron chi connectivity index (χ4n) is 3.45. The average Bonchev–Trinajstić information content (AvgIpc) is 2.80. The Bertz CT molecular complexity index is 814. The zero-order chi connectivity index (χ0) is 13.7. The van der Waals surface area contributed by atoms with Crippen LogP contribution in [0.1, 0.15) is 11.1 Å². The van der Waals surface area contributed by atoms with Crippen molar-refractivity contribution in [3.63, 3.8) is 0 Å². The molecule has 0 atom stereocenters. The van der Waals surface area contributed by atoms with Gasteiger partial charge in [-0.25, -0.2) is 0 Å². The maximum absolute atomic E-state index is 5.37. The summed E-state index contributed by atoms with van der Waals surface area (Å²) in [6.45, 7) is 0. The van der Waals surface area contributed by atoms with Gasteiger partial charge in [0.15, 0.2) is 0 Å². The van der Waals surface area contributed by atoms with Crippen molar-refractivity contribution in [3.05, 3.63) is 53.6 Å². The van der Waals surface area contributed by atoms with E-state index in [0.717, 1.165) is 18.6 Å². The molecule has 3 aromatic rings. The van der Waals surface area contributed by atoms with Crippen LogP contribution in [0, 0.1) is 0 Å². The van der Waals surface area contributed by atoms with Crippen LogP contribution in [0.2, 0.25) is 0 Å². The maximum Gasteiger partial charge on any atom is 0.120 e. The highest BCUT2D eigenvalue weighted by atomic mass is 16.5. The van der Waals surface area contributed by atoms with Gasteiger partial charge < -0.3 is 9.30 Å². The second-order valence-corrected chi connectivity index (χ2v) is 5.43. The fraction of sp³-hybridized carbons (Fsp3) is 0.222. The molecule has 0 fully saturated rings. The quantitative estimate of drug-likeness (QED) is 0.648. The van der Waals surface area contributed by atoms with Crippen LogP contribution in [0.25, 0.3) is 22.2 Å². The number of aromatic nitrogens is 1. The van der Waals surface area contributed by atoms with E-state index >= 15 is 0 Å². The highest BCUT2D eigenvalue weighted by Gasteiger charge is 2.22. The van der Waals surface area contributed by atoms with Crippen LogP contribution >= 0.6 is 0 Å². The van der Waals surface area contributed by atoms with Crippen molar-refractivity contribution in [2.75, 3.05) is 7.11 Å². The van der Waals surface area contributed by atoms with Gasteiger partial charge in [0.25, 0.3) is 0 Å². The van der Waals surface area contributed by atoms with Gasteiger partial charge in [0.05, 0.1) is 18.3 Å². The molecule has 20 heavy (non-hydrogen) atoms. The van der Waals surface area contributed by atoms with E-state index in [1.807, 2.05) is 0 Å². The summed E-state index contributed by atoms with van der Waals surface area (Å²) in [6, 6.07) is 15.1. The van der Waals surface area contributed by atoms with E-state index in [0.29, 0.717) is 0 Å². The number of ether oxygens (including phenoxy) is 1. The number of hydrogen-bond acceptors (Lipinski definition) is 1. The Morgan fingerprint density at radius 1 is 1.05 bits per heavy atom. The van der Waals surface area contributed by atoms with Gasteiger partial charge in [-0.05, 0) is 36.1 Å². The fourth-order valence-corrected chi connectivity index (χ4v) is 3.45. The summed E-state index contributed by atoms with van der Waals surface area (Å²) in [6.07, 6.45) is 2.25. The van der Waals surface area contributed by atoms with Gasteiger partial charge in [0.1, 0.15) is 5.75 Å². The van der Waals surface area contributed by atoms with Crippen LogP contribution in [-0.2, 0) is 19.9 Å². The molecule has 100 valence electrons. The van der Waals surface area contributed by atoms with Gasteiger partial charge in [-0.3, -0.25) is 0 Å². The van der Waals surface area contributed by atoms with E-state index in [2.05, 4.69) is 54.1 Å². The molecule has 0 radical (unpaired) electrons. The molecule has 0 amide bonds. The Labute approximate surface area is 118 Å². The molecule has 1 aromatic heterocycles. The Hall–Kier alpha value is -2.22. The number of aryl methyl sites for hydroxylation is 3. The summed E-state index contributed by atoms with van der Waals surface area (Å²) in [7, 11) is 3.88. The molecule has 2 aromatic carbocycles. The second kappa shape index (κ2) is 4.14. The van der Waals surface area contributed by atoms with Gasteiger partial charge in [-0.1, -0.05) is 24.3 Å². The molecule has 0 aliphatic heterocycles. The normalized spacial score (nSPS) is 13.1. The van der Waals surface area contributed by atoms with E-state index in [-0.39, 0.29) is 0 Å². The van der Waals surface area contributed by atoms with Gasteiger partial charge in [-0.15, -0.1) is 0 Å². The molecule has 2 heteroatoms. The van der Waals surface area contributed by atoms with Crippen molar-refractivity contribution in [2.45, 2.75) is 12.8 Å². The van der Waals surface area contributed by atoms with E-state index in [1.54, 1.807) is 7.11 Å². The van der Waals surface area contributed by atoms with Crippen molar-refractivity contribution in [2.24, 2.45) is 7.05 Å². The van der Waals surface area contributed by atoms with E-state index in [1.165, 1.54) is 33.3 Å². The number of hydrogen-bond donors (Lipinski definition) is 0. The van der Waals surface area contributed by atoms with Crippen molar-refractivity contribution < 1.29 is 4.74 Å². The number of methoxy groups -OCH3 is 1. The Morgan fingerprint density at radius 3 is 2.75 bits per heavy atom. The van der Waals surface area contributed by atoms with E-state index < -0.39 is 0 Å². The third kappa shape index (κ3) is 1.45. The molecule has 1 aliphatic carbocycles. The lowest BCUT2D eigenvalue weighted by Crippen LogP contribution is -2.05. The molecule has 0 spiro atoms. The van der Waals surface area contributed by atoms with Crippen LogP contribution in [0.15, 0.2) is 42.5 Å². The number of rotatable bonds is 1. The highest BCUT2D eigenvalue weighted by Crippen LogP contribution is 2.40. The summed E-state index contributed by atoms with van der Waals surface area (Å²) >= 11 is 0. The highest BCUT2D eigenvalue weighted by molar-refractivity contribution is 5.94. The average molecular weight is 263 g/mol. The smallest absolute Gasteiger partial charge is 0.120 e. The van der Waals surface area contributed by atoms with Crippen molar-refractivity contribution in [3.8, 4) is 17.0 Å². The molecule has 0 saturated heterocycles. The summed E-state index contributed by atoms with van der Waals surface area (Å²) in [5.41, 5.74) is 6.94. The third-order valence-corrected chi connectivity index (χ3v) is 4.43. The minimum absolute atomic E-state index is 0.920. The minimum Gasteiger partial charge on any atom is -0.497 e. The van der Waals surface area contributed by atoms with E-state index in [4.69, 9.17) is 4.74 Å². The molecule has 1 heterocycles. The van der Waals surface area contributed by atoms with Crippen molar-refractivity contribution in [1.29, 1.82) is 0 Å². The second-order valence-electron chi connectivity index (χ2n) is 5.43. The predicted molar refractivity (Wildman–Crippen MR) is 82.3 cm³/mol. The Morgan fingerprint density at radius 2 is 1.90 bits per heavy atom. The molecule has 1 aliphatic rings. The van der Waals surface area contributed by atoms with Crippen LogP contribution in [0.4, 0.5) is 0 Å². The van der Waals surface area contributed by atoms with Gasteiger partial charge >= 0.3 is 0 Å². The summed E-state index contributed by atoms with van der Waals surface area (Å²) in [5, 5.41) is 1.36. The molecule has 0 bridgehead atoms. The first-order valence-corrected chi connectivity index (χ1v) is 7.03. The molecule has 0 N–H and O–H groups in total. The topological polar surface area (TPSA) is 14.2 Å². The summed E-state index contributed by atoms with van der Waals surface area (Å²) in [4.78, 5) is 0. The predicted octanol–water partition coefficient (Wildman–Crippen LogP) is 3.95. The number of benzene rings is 2. The lowest BCUT2D eigenvalue weighted by Gasteiger charge is -2.18. The minimum atomic E-state index is 0.920. The molecule has 4 rings (SSSR count). The largest absolute Gasteiger partial charge is 0.497 e. The molecule has 2 nitrogen and oxygen atoms in total. The van der Waals surface area contributed by atoms with Crippen molar-refractivity contribution in [1.82, 2.24) is 4.57 Å². The SMILES string of the molecule is COc1ccc2c3c(n(C)c2c1)-c1ccccc1CC3. The lowest BCUT2D eigenvalue weighted by atomic mass is 9.89. The van der Waals surface area contributed by atoms with Crippen molar-refractivity contribution >= 4 is 10.9 Å². The standard InChI is InChI=1S/C18H17NO/c1-19-17-11-13(20-2)8-10-15(17)16-9-7-12-5-3-4-6-14(12)18(16)19/h3-6,8,10-11H,7,9H2,1-2H3. The monoisotopic (exact) mass is 263 g/mol. The van der Waals surface area contributed by atoms with Crippen LogP contribution < -0.4 is 4.74 Å². The first-order chi connectivity index (χ1) is 9.79. The van der Waals surface area contributed by atoms with E-state index in [9.17, 15) is 0 Å². The molecule has 0 saturated carbocycles. The van der Waals surface area contributed by atoms with Gasteiger partial charge in [0.2, 0.25) is 0 Å². The van der Waals surface area contributed by atoms with Crippen LogP contribution in [0.3, 0.4) is 0 Å². The number of nitrogens with zero attached hydrogens (tertiary/aromatic N) is 1. The van der Waals surface area contributed by atoms with Crippen LogP contribution in [0.5, 0.6) is 5.75 Å². The molecular weight excluding hydrogens is 246 g/mol. The zero-order valence-corrected chi connectivity index (χ0v) is 11.8. The van der Waals surface area contributed by atoms with Crippen LogP contribution in [-0.4, -0.2) is 11.7 Å². The zero-order valence-electron chi connectivity index (χ0n) is 11.8. The van der Waals surface area contributed by atoms with Gasteiger partial charge in [-0.2, -0.15) is 0 Å². The first kappa shape index (κ1) is 11.6.